The third-order valence-electron chi connectivity index (χ3n) is 5.18. The van der Waals surface area contributed by atoms with Crippen LogP contribution >= 0.6 is 22.6 Å². The highest BCUT2D eigenvalue weighted by Crippen LogP contribution is 2.40. The van der Waals surface area contributed by atoms with Crippen molar-refractivity contribution in [2.24, 2.45) is 5.10 Å². The third-order valence-corrected chi connectivity index (χ3v) is 6.00. The molecule has 7 heteroatoms. The summed E-state index contributed by atoms with van der Waals surface area (Å²) in [5.74, 6) is 0.612. The van der Waals surface area contributed by atoms with Crippen molar-refractivity contribution in [2.45, 2.75) is 72.1 Å². The van der Waals surface area contributed by atoms with Gasteiger partial charge in [0.2, 0.25) is 5.91 Å². The number of benzene rings is 2. The molecule has 0 heterocycles. The molecular weight excluding hydrogens is 531 g/mol. The Labute approximate surface area is 210 Å². The van der Waals surface area contributed by atoms with Crippen LogP contribution < -0.4 is 10.2 Å². The first kappa shape index (κ1) is 27.0. The summed E-state index contributed by atoms with van der Waals surface area (Å²) < 4.78 is 6.07. The first-order chi connectivity index (χ1) is 15.2. The molecule has 0 radical (unpaired) electrons. The summed E-state index contributed by atoms with van der Waals surface area (Å²) in [6.45, 7) is 14.7. The van der Waals surface area contributed by atoms with Crippen molar-refractivity contribution >= 4 is 34.7 Å². The maximum atomic E-state index is 12.4. The summed E-state index contributed by atoms with van der Waals surface area (Å²) in [6, 6.07) is 7.42. The number of ether oxygens (including phenoxy) is 1. The predicted octanol–water partition coefficient (Wildman–Crippen LogP) is 5.78. The lowest BCUT2D eigenvalue weighted by atomic mass is 9.78. The Hall–Kier alpha value is -2.29. The van der Waals surface area contributed by atoms with E-state index < -0.39 is 0 Å². The van der Waals surface area contributed by atoms with Crippen LogP contribution in [0.3, 0.4) is 0 Å². The molecule has 2 aromatic rings. The Bertz CT molecular complexity index is 999. The molecule has 6 nitrogen and oxygen atoms in total. The SMILES string of the molecule is CCOc1cc(/C=N\NC(=O)CCc2cc(C(C)(C)C)c(O)c(C(C)(C)C)c2)cc(I)c1O. The van der Waals surface area contributed by atoms with Gasteiger partial charge in [0.15, 0.2) is 11.5 Å². The lowest BCUT2D eigenvalue weighted by Gasteiger charge is -2.28. The molecule has 0 fully saturated rings. The molecule has 0 saturated carbocycles. The van der Waals surface area contributed by atoms with E-state index >= 15 is 0 Å². The van der Waals surface area contributed by atoms with Crippen molar-refractivity contribution in [1.82, 2.24) is 5.43 Å². The van der Waals surface area contributed by atoms with Crippen LogP contribution in [0.2, 0.25) is 0 Å². The van der Waals surface area contributed by atoms with E-state index in [4.69, 9.17) is 4.74 Å². The quantitative estimate of drug-likeness (QED) is 0.225. The molecule has 0 aliphatic heterocycles. The van der Waals surface area contributed by atoms with E-state index in [1.54, 1.807) is 12.1 Å². The maximum absolute atomic E-state index is 12.4. The first-order valence-electron chi connectivity index (χ1n) is 11.1. The van der Waals surface area contributed by atoms with Crippen LogP contribution in [0.1, 0.15) is 77.1 Å². The van der Waals surface area contributed by atoms with E-state index in [9.17, 15) is 15.0 Å². The van der Waals surface area contributed by atoms with Crippen LogP contribution in [-0.2, 0) is 22.0 Å². The summed E-state index contributed by atoms with van der Waals surface area (Å²) >= 11 is 2.02. The first-order valence-corrected chi connectivity index (χ1v) is 12.2. The lowest BCUT2D eigenvalue weighted by molar-refractivity contribution is -0.121. The summed E-state index contributed by atoms with van der Waals surface area (Å²) in [5, 5.41) is 24.9. The largest absolute Gasteiger partial charge is 0.507 e. The number of hydrogen-bond acceptors (Lipinski definition) is 5. The van der Waals surface area contributed by atoms with Crippen LogP contribution in [0.4, 0.5) is 0 Å². The zero-order valence-corrected chi connectivity index (χ0v) is 22.7. The number of hydrazone groups is 1. The highest BCUT2D eigenvalue weighted by atomic mass is 127. The van der Waals surface area contributed by atoms with E-state index in [0.29, 0.717) is 33.7 Å². The van der Waals surface area contributed by atoms with Gasteiger partial charge in [0.1, 0.15) is 5.75 Å². The highest BCUT2D eigenvalue weighted by Gasteiger charge is 2.26. The Morgan fingerprint density at radius 3 is 2.12 bits per heavy atom. The number of aryl methyl sites for hydroxylation is 1. The van der Waals surface area contributed by atoms with Gasteiger partial charge in [0.05, 0.1) is 16.4 Å². The minimum atomic E-state index is -0.214. The molecule has 0 atom stereocenters. The summed E-state index contributed by atoms with van der Waals surface area (Å²) in [4.78, 5) is 12.4. The van der Waals surface area contributed by atoms with Gasteiger partial charge in [-0.1, -0.05) is 53.7 Å². The van der Waals surface area contributed by atoms with Gasteiger partial charge in [0, 0.05) is 6.42 Å². The molecular formula is C26H35IN2O4. The van der Waals surface area contributed by atoms with E-state index in [0.717, 1.165) is 16.7 Å². The number of amides is 1. The van der Waals surface area contributed by atoms with Gasteiger partial charge in [-0.15, -0.1) is 0 Å². The minimum absolute atomic E-state index is 0.0942. The van der Waals surface area contributed by atoms with Gasteiger partial charge in [-0.3, -0.25) is 4.79 Å². The molecule has 2 rings (SSSR count). The molecule has 0 bridgehead atoms. The number of carbonyl (C=O) groups excluding carboxylic acids is 1. The monoisotopic (exact) mass is 566 g/mol. The Kier molecular flexibility index (Phi) is 8.79. The molecule has 0 spiro atoms. The van der Waals surface area contributed by atoms with E-state index in [1.807, 2.05) is 41.6 Å². The molecule has 0 aromatic heterocycles. The summed E-state index contributed by atoms with van der Waals surface area (Å²) in [6.07, 6.45) is 2.34. The van der Waals surface area contributed by atoms with Crippen molar-refractivity contribution in [3.63, 3.8) is 0 Å². The fourth-order valence-electron chi connectivity index (χ4n) is 3.41. The van der Waals surface area contributed by atoms with Crippen LogP contribution in [0.25, 0.3) is 0 Å². The smallest absolute Gasteiger partial charge is 0.240 e. The van der Waals surface area contributed by atoms with Crippen LogP contribution in [0.5, 0.6) is 17.2 Å². The van der Waals surface area contributed by atoms with Crippen LogP contribution in [0, 0.1) is 3.57 Å². The predicted molar refractivity (Wildman–Crippen MR) is 142 cm³/mol. The third kappa shape index (κ3) is 7.35. The topological polar surface area (TPSA) is 91.2 Å². The second kappa shape index (κ2) is 10.8. The maximum Gasteiger partial charge on any atom is 0.240 e. The van der Waals surface area contributed by atoms with Crippen LogP contribution in [-0.4, -0.2) is 28.9 Å². The normalized spacial score (nSPS) is 12.2. The van der Waals surface area contributed by atoms with Crippen molar-refractivity contribution in [2.75, 3.05) is 6.61 Å². The average Bonchev–Trinajstić information content (AvgIpc) is 2.69. The molecule has 0 saturated heterocycles. The molecule has 33 heavy (non-hydrogen) atoms. The van der Waals surface area contributed by atoms with Crippen molar-refractivity contribution < 1.29 is 19.7 Å². The minimum Gasteiger partial charge on any atom is -0.507 e. The fraction of sp³-hybridized carbons (Fsp3) is 0.462. The Morgan fingerprint density at radius 2 is 1.61 bits per heavy atom. The summed E-state index contributed by atoms with van der Waals surface area (Å²) in [5.41, 5.74) is 5.63. The second-order valence-corrected chi connectivity index (χ2v) is 11.3. The van der Waals surface area contributed by atoms with Gasteiger partial charge >= 0.3 is 0 Å². The highest BCUT2D eigenvalue weighted by molar-refractivity contribution is 14.1. The molecule has 0 unspecified atom stereocenters. The summed E-state index contributed by atoms with van der Waals surface area (Å²) in [7, 11) is 0. The number of nitrogens with one attached hydrogen (secondary N) is 1. The molecule has 1 amide bonds. The van der Waals surface area contributed by atoms with Crippen molar-refractivity contribution in [3.8, 4) is 17.2 Å². The lowest BCUT2D eigenvalue weighted by Crippen LogP contribution is -2.20. The number of carbonyl (C=O) groups is 1. The number of phenolic OH excluding ortho intramolecular Hbond substituents is 2. The van der Waals surface area contributed by atoms with E-state index in [2.05, 4.69) is 52.1 Å². The van der Waals surface area contributed by atoms with E-state index in [-0.39, 0.29) is 28.9 Å². The number of rotatable bonds is 7. The Morgan fingerprint density at radius 1 is 1.03 bits per heavy atom. The number of phenols is 2. The number of nitrogens with zero attached hydrogens (tertiary/aromatic N) is 1. The molecule has 2 aromatic carbocycles. The molecule has 180 valence electrons. The zero-order chi connectivity index (χ0) is 25.0. The van der Waals surface area contributed by atoms with Gasteiger partial charge in [0.25, 0.3) is 0 Å². The number of halogens is 1. The van der Waals surface area contributed by atoms with Crippen molar-refractivity contribution in [1.29, 1.82) is 0 Å². The molecule has 0 aliphatic rings. The zero-order valence-electron chi connectivity index (χ0n) is 20.5. The Balaban J connectivity index is 2.11. The van der Waals surface area contributed by atoms with Crippen molar-refractivity contribution in [3.05, 3.63) is 50.1 Å². The van der Waals surface area contributed by atoms with Gasteiger partial charge in [-0.2, -0.15) is 5.10 Å². The molecule has 3 N–H and O–H groups in total. The molecule has 0 aliphatic carbocycles. The van der Waals surface area contributed by atoms with Gasteiger partial charge in [-0.05, 0) is 81.2 Å². The number of hydrogen-bond donors (Lipinski definition) is 3. The fourth-order valence-corrected chi connectivity index (χ4v) is 4.03. The van der Waals surface area contributed by atoms with Gasteiger partial charge < -0.3 is 14.9 Å². The van der Waals surface area contributed by atoms with Crippen LogP contribution in [0.15, 0.2) is 29.4 Å². The van der Waals surface area contributed by atoms with E-state index in [1.165, 1.54) is 6.21 Å². The average molecular weight is 566 g/mol. The standard InChI is InChI=1S/C26H35IN2O4/c1-8-33-21-14-17(13-20(27)24(21)32)15-28-29-22(30)10-9-16-11-18(25(2,3)4)23(31)19(12-16)26(5,6)7/h11-15,31-32H,8-10H2,1-7H3,(H,29,30)/b28-15-. The second-order valence-electron chi connectivity index (χ2n) is 10.1. The van der Waals surface area contributed by atoms with Gasteiger partial charge in [-0.25, -0.2) is 5.43 Å². The number of aromatic hydroxyl groups is 2.